The van der Waals surface area contributed by atoms with Crippen LogP contribution in [0.4, 0.5) is 8.78 Å². The third-order valence-corrected chi connectivity index (χ3v) is 6.13. The Morgan fingerprint density at radius 2 is 2.00 bits per heavy atom. The van der Waals surface area contributed by atoms with Crippen LogP contribution in [0, 0.1) is 11.6 Å². The minimum Gasteiger partial charge on any atom is -0.454 e. The number of para-hydroxylation sites is 1. The summed E-state index contributed by atoms with van der Waals surface area (Å²) in [5.41, 5.74) is 3.27. The molecule has 4 heterocycles. The molecule has 3 aromatic heterocycles. The number of H-pyrrole nitrogens is 2. The molecule has 6 rings (SSSR count). The van der Waals surface area contributed by atoms with Gasteiger partial charge < -0.3 is 14.5 Å². The van der Waals surface area contributed by atoms with E-state index in [1.807, 2.05) is 18.2 Å². The second kappa shape index (κ2) is 7.56. The minimum atomic E-state index is -1.51. The van der Waals surface area contributed by atoms with Crippen molar-refractivity contribution >= 4 is 34.7 Å². The fourth-order valence-electron chi connectivity index (χ4n) is 4.30. The molecule has 0 saturated carbocycles. The Labute approximate surface area is 197 Å². The fourth-order valence-corrected chi connectivity index (χ4v) is 4.30. The second-order valence-corrected chi connectivity index (χ2v) is 8.56. The molecule has 1 aliphatic heterocycles. The van der Waals surface area contributed by atoms with Gasteiger partial charge in [-0.2, -0.15) is 0 Å². The molecule has 176 valence electrons. The number of aromatic amines is 2. The molecule has 2 aromatic carbocycles. The molecule has 0 fully saturated rings. The summed E-state index contributed by atoms with van der Waals surface area (Å²) >= 11 is 0. The smallest absolute Gasteiger partial charge is 0.270 e. The standard InChI is InChI=1S/C26H20F2N4O3/c1-3-14-7-8-19-15(9-14)10-20(30-19)23(33)16-12-29-32-22-13-34-26(2,11-21(22)31-25(16)32)35-24-17(27)5-4-6-18(24)28/h4-13,29-30H,3H2,1-2H3. The normalized spacial score (nSPS) is 17.0. The number of nitrogens with zero attached hydrogens (tertiary/aromatic N) is 2. The van der Waals surface area contributed by atoms with Gasteiger partial charge in [0.25, 0.3) is 5.79 Å². The molecule has 5 aromatic rings. The summed E-state index contributed by atoms with van der Waals surface area (Å²) < 4.78 is 41.0. The van der Waals surface area contributed by atoms with Crippen LogP contribution < -0.4 is 15.4 Å². The van der Waals surface area contributed by atoms with Crippen LogP contribution in [-0.4, -0.2) is 31.2 Å². The van der Waals surface area contributed by atoms with Crippen LogP contribution in [0.1, 0.15) is 35.5 Å². The number of carbonyl (C=O) groups is 1. The molecule has 0 spiro atoms. The molecule has 7 nitrogen and oxygen atoms in total. The summed E-state index contributed by atoms with van der Waals surface area (Å²) in [6.07, 6.45) is 5.39. The molecule has 0 aliphatic carbocycles. The van der Waals surface area contributed by atoms with Gasteiger partial charge in [-0.15, -0.1) is 0 Å². The Morgan fingerprint density at radius 1 is 1.20 bits per heavy atom. The van der Waals surface area contributed by atoms with Crippen LogP contribution >= 0.6 is 0 Å². The zero-order chi connectivity index (χ0) is 24.3. The molecule has 1 atom stereocenters. The predicted octanol–water partition coefficient (Wildman–Crippen LogP) is 3.56. The van der Waals surface area contributed by atoms with Crippen molar-refractivity contribution in [3.63, 3.8) is 0 Å². The van der Waals surface area contributed by atoms with Crippen LogP contribution in [-0.2, 0) is 11.2 Å². The van der Waals surface area contributed by atoms with E-state index in [0.717, 1.165) is 29.5 Å². The lowest BCUT2D eigenvalue weighted by molar-refractivity contribution is -0.0622. The van der Waals surface area contributed by atoms with Gasteiger partial charge >= 0.3 is 0 Å². The maximum atomic E-state index is 14.1. The highest BCUT2D eigenvalue weighted by Gasteiger charge is 2.31. The van der Waals surface area contributed by atoms with Gasteiger partial charge in [-0.1, -0.05) is 19.1 Å². The monoisotopic (exact) mass is 474 g/mol. The average Bonchev–Trinajstić information content (AvgIpc) is 3.53. The van der Waals surface area contributed by atoms with Gasteiger partial charge in [-0.25, -0.2) is 18.3 Å². The number of carbonyl (C=O) groups excluding carboxylic acids is 1. The first-order valence-corrected chi connectivity index (χ1v) is 11.1. The molecule has 1 unspecified atom stereocenters. The molecule has 0 bridgehead atoms. The van der Waals surface area contributed by atoms with E-state index < -0.39 is 23.2 Å². The Morgan fingerprint density at radius 3 is 2.77 bits per heavy atom. The van der Waals surface area contributed by atoms with Crippen LogP contribution in [0.15, 0.2) is 48.7 Å². The molecule has 35 heavy (non-hydrogen) atoms. The lowest BCUT2D eigenvalue weighted by Crippen LogP contribution is -2.43. The number of ketones is 1. The van der Waals surface area contributed by atoms with Gasteiger partial charge in [0.1, 0.15) is 11.6 Å². The van der Waals surface area contributed by atoms with Gasteiger partial charge in [0, 0.05) is 30.1 Å². The van der Waals surface area contributed by atoms with Crippen molar-refractivity contribution in [3.8, 4) is 5.75 Å². The summed E-state index contributed by atoms with van der Waals surface area (Å²) in [6, 6.07) is 11.3. The number of aryl methyl sites for hydroxylation is 1. The number of halogens is 2. The number of nitrogens with one attached hydrogen (secondary N) is 2. The molecular weight excluding hydrogens is 454 g/mol. The van der Waals surface area contributed by atoms with Gasteiger partial charge in [0.05, 0.1) is 16.6 Å². The zero-order valence-electron chi connectivity index (χ0n) is 18.9. The highest BCUT2D eigenvalue weighted by molar-refractivity contribution is 6.13. The Balaban J connectivity index is 1.39. The van der Waals surface area contributed by atoms with E-state index in [-0.39, 0.29) is 5.78 Å². The number of benzene rings is 2. The maximum absolute atomic E-state index is 14.1. The quantitative estimate of drug-likeness (QED) is 0.382. The first-order valence-electron chi connectivity index (χ1n) is 11.1. The highest BCUT2D eigenvalue weighted by Crippen LogP contribution is 2.28. The van der Waals surface area contributed by atoms with Gasteiger partial charge in [-0.3, -0.25) is 9.89 Å². The number of hydrogen-bond donors (Lipinski definition) is 2. The van der Waals surface area contributed by atoms with E-state index in [4.69, 9.17) is 9.47 Å². The summed E-state index contributed by atoms with van der Waals surface area (Å²) in [4.78, 5) is 21.1. The zero-order valence-corrected chi connectivity index (χ0v) is 18.9. The Kier molecular flexibility index (Phi) is 4.57. The van der Waals surface area contributed by atoms with Crippen molar-refractivity contribution in [2.24, 2.45) is 0 Å². The molecule has 0 radical (unpaired) electrons. The Bertz CT molecular complexity index is 1740. The maximum Gasteiger partial charge on any atom is 0.270 e. The summed E-state index contributed by atoms with van der Waals surface area (Å²) in [5, 5.41) is 4.97. The SMILES string of the molecule is CCc1ccc2[nH]c(C(=O)c3c[nH]n4c5c(nc34)=CC(C)(Oc3c(F)cccc3F)OC=5)cc2c1. The number of ether oxygens (including phenoxy) is 2. The van der Waals surface area contributed by atoms with Crippen molar-refractivity contribution in [3.05, 3.63) is 87.8 Å². The van der Waals surface area contributed by atoms with E-state index in [9.17, 15) is 13.6 Å². The molecular formula is C26H20F2N4O3. The molecule has 2 N–H and O–H groups in total. The van der Waals surface area contributed by atoms with Gasteiger partial charge in [0.2, 0.25) is 5.78 Å². The van der Waals surface area contributed by atoms with Crippen LogP contribution in [0.5, 0.6) is 5.75 Å². The van der Waals surface area contributed by atoms with Crippen molar-refractivity contribution in [1.29, 1.82) is 0 Å². The van der Waals surface area contributed by atoms with E-state index in [0.29, 0.717) is 27.6 Å². The van der Waals surface area contributed by atoms with Crippen LogP contribution in [0.2, 0.25) is 0 Å². The van der Waals surface area contributed by atoms with E-state index in [2.05, 4.69) is 28.1 Å². The summed E-state index contributed by atoms with van der Waals surface area (Å²) in [5.74, 6) is -3.96. The lowest BCUT2D eigenvalue weighted by Gasteiger charge is -2.27. The van der Waals surface area contributed by atoms with Crippen LogP contribution in [0.25, 0.3) is 28.9 Å². The largest absolute Gasteiger partial charge is 0.454 e. The number of hydrogen-bond acceptors (Lipinski definition) is 4. The second-order valence-electron chi connectivity index (χ2n) is 8.56. The Hall–Kier alpha value is -4.40. The van der Waals surface area contributed by atoms with E-state index >= 15 is 0 Å². The average molecular weight is 474 g/mol. The minimum absolute atomic E-state index is 0.221. The van der Waals surface area contributed by atoms with Gasteiger partial charge in [-0.05, 0) is 42.3 Å². The third-order valence-electron chi connectivity index (χ3n) is 6.13. The van der Waals surface area contributed by atoms with E-state index in [1.54, 1.807) is 10.7 Å². The predicted molar refractivity (Wildman–Crippen MR) is 125 cm³/mol. The first-order chi connectivity index (χ1) is 16.8. The fraction of sp³-hybridized carbons (Fsp3) is 0.154. The first kappa shape index (κ1) is 21.2. The lowest BCUT2D eigenvalue weighted by atomic mass is 10.1. The molecule has 9 heteroatoms. The molecule has 0 saturated heterocycles. The van der Waals surface area contributed by atoms with Crippen molar-refractivity contribution in [2.45, 2.75) is 26.1 Å². The van der Waals surface area contributed by atoms with Gasteiger partial charge in [0.15, 0.2) is 23.0 Å². The number of fused-ring (bicyclic) bond motifs is 4. The topological polar surface area (TPSA) is 84.4 Å². The number of imidazole rings is 1. The van der Waals surface area contributed by atoms with Crippen molar-refractivity contribution in [1.82, 2.24) is 19.6 Å². The number of rotatable bonds is 5. The van der Waals surface area contributed by atoms with Crippen molar-refractivity contribution in [2.75, 3.05) is 0 Å². The molecule has 1 aliphatic rings. The van der Waals surface area contributed by atoms with Crippen LogP contribution in [0.3, 0.4) is 0 Å². The highest BCUT2D eigenvalue weighted by atomic mass is 19.1. The summed E-state index contributed by atoms with van der Waals surface area (Å²) in [6.45, 7) is 3.60. The molecule has 0 amide bonds. The van der Waals surface area contributed by atoms with Crippen molar-refractivity contribution < 1.29 is 23.0 Å². The third kappa shape index (κ3) is 3.39. The summed E-state index contributed by atoms with van der Waals surface area (Å²) in [7, 11) is 0. The number of aromatic nitrogens is 4. The van der Waals surface area contributed by atoms with E-state index in [1.165, 1.54) is 30.9 Å².